The molecule has 20 heavy (non-hydrogen) atoms. The zero-order chi connectivity index (χ0) is 15.0. The lowest BCUT2D eigenvalue weighted by atomic mass is 10.1. The van der Waals surface area contributed by atoms with Gasteiger partial charge in [0.1, 0.15) is 18.2 Å². The first-order chi connectivity index (χ1) is 9.62. The Hall–Kier alpha value is -2.92. The van der Waals surface area contributed by atoms with Gasteiger partial charge in [-0.2, -0.15) is 5.26 Å². The zero-order valence-electron chi connectivity index (χ0n) is 10.9. The Kier molecular flexibility index (Phi) is 5.68. The van der Waals surface area contributed by atoms with Crippen LogP contribution in [0.15, 0.2) is 23.8 Å². The summed E-state index contributed by atoms with van der Waals surface area (Å²) in [6.45, 7) is 2.34. The van der Waals surface area contributed by atoms with Crippen LogP contribution < -0.4 is 9.47 Å². The molecule has 0 unspecified atom stereocenters. The molecule has 0 aliphatic rings. The first-order valence-electron chi connectivity index (χ1n) is 5.80. The molecule has 5 heteroatoms. The molecule has 0 spiro atoms. The lowest BCUT2D eigenvalue weighted by molar-refractivity contribution is -0.132. The van der Waals surface area contributed by atoms with E-state index in [0.717, 1.165) is 0 Å². The molecule has 0 saturated heterocycles. The van der Waals surface area contributed by atoms with Gasteiger partial charge in [-0.1, -0.05) is 12.0 Å². The Morgan fingerprint density at radius 2 is 2.20 bits per heavy atom. The number of carboxylic acids is 1. The smallest absolute Gasteiger partial charge is 0.346 e. The Labute approximate surface area is 117 Å². The maximum absolute atomic E-state index is 10.8. The van der Waals surface area contributed by atoms with Crippen LogP contribution in [-0.2, 0) is 4.79 Å². The highest BCUT2D eigenvalue weighted by Crippen LogP contribution is 2.29. The van der Waals surface area contributed by atoms with Gasteiger partial charge in [-0.05, 0) is 30.7 Å². The van der Waals surface area contributed by atoms with E-state index in [9.17, 15) is 4.79 Å². The molecule has 1 aromatic carbocycles. The SMILES string of the molecule is C#CCOc1ccc(/C=C(\C#N)C(=O)O)cc1OCC. The molecule has 0 fully saturated rings. The Bertz CT molecular complexity index is 605. The fourth-order valence-corrected chi connectivity index (χ4v) is 1.43. The Morgan fingerprint density at radius 1 is 1.45 bits per heavy atom. The largest absolute Gasteiger partial charge is 0.490 e. The molecule has 0 aliphatic carbocycles. The van der Waals surface area contributed by atoms with Crippen LogP contribution in [0.3, 0.4) is 0 Å². The van der Waals surface area contributed by atoms with E-state index < -0.39 is 5.97 Å². The normalized spacial score (nSPS) is 10.2. The van der Waals surface area contributed by atoms with Crippen molar-refractivity contribution < 1.29 is 19.4 Å². The summed E-state index contributed by atoms with van der Waals surface area (Å²) in [5, 5.41) is 17.5. The van der Waals surface area contributed by atoms with Crippen molar-refractivity contribution in [3.8, 4) is 29.9 Å². The third-order valence-corrected chi connectivity index (χ3v) is 2.24. The summed E-state index contributed by atoms with van der Waals surface area (Å²) in [7, 11) is 0. The van der Waals surface area contributed by atoms with E-state index in [1.165, 1.54) is 6.08 Å². The first-order valence-corrected chi connectivity index (χ1v) is 5.80. The summed E-state index contributed by atoms with van der Waals surface area (Å²) in [4.78, 5) is 10.8. The minimum absolute atomic E-state index is 0.105. The predicted octanol–water partition coefficient (Wildman–Crippen LogP) is 2.09. The molecule has 1 aromatic rings. The topological polar surface area (TPSA) is 79.5 Å². The Balaban J connectivity index is 3.13. The van der Waals surface area contributed by atoms with Crippen LogP contribution in [0.2, 0.25) is 0 Å². The standard InChI is InChI=1S/C15H13NO4/c1-3-7-20-13-6-5-11(9-14(13)19-4-2)8-12(10-16)15(17)18/h1,5-6,8-9H,4,7H2,2H3,(H,17,18)/b12-8+. The molecule has 5 nitrogen and oxygen atoms in total. The van der Waals surface area contributed by atoms with Gasteiger partial charge in [0.05, 0.1) is 6.61 Å². The number of nitriles is 1. The number of carboxylic acid groups (broad SMARTS) is 1. The van der Waals surface area contributed by atoms with Crippen LogP contribution in [-0.4, -0.2) is 24.3 Å². The van der Waals surface area contributed by atoms with Gasteiger partial charge in [-0.15, -0.1) is 6.42 Å². The molecule has 0 bridgehead atoms. The second-order valence-electron chi connectivity index (χ2n) is 3.61. The van der Waals surface area contributed by atoms with Crippen LogP contribution in [0, 0.1) is 23.7 Å². The summed E-state index contributed by atoms with van der Waals surface area (Å²) < 4.78 is 10.7. The van der Waals surface area contributed by atoms with Gasteiger partial charge in [0.15, 0.2) is 11.5 Å². The molecule has 0 heterocycles. The lowest BCUT2D eigenvalue weighted by Crippen LogP contribution is -2.00. The number of terminal acetylenes is 1. The van der Waals surface area contributed by atoms with E-state index in [1.807, 2.05) is 6.92 Å². The van der Waals surface area contributed by atoms with Crippen LogP contribution >= 0.6 is 0 Å². The van der Waals surface area contributed by atoms with Crippen LogP contribution in [0.1, 0.15) is 12.5 Å². The summed E-state index contributed by atoms with van der Waals surface area (Å²) >= 11 is 0. The number of nitrogens with zero attached hydrogens (tertiary/aromatic N) is 1. The van der Waals surface area contributed by atoms with E-state index in [-0.39, 0.29) is 12.2 Å². The third-order valence-electron chi connectivity index (χ3n) is 2.24. The minimum atomic E-state index is -1.28. The average Bonchev–Trinajstić information content (AvgIpc) is 2.43. The number of ether oxygens (including phenoxy) is 2. The Morgan fingerprint density at radius 3 is 2.75 bits per heavy atom. The third kappa shape index (κ3) is 4.08. The minimum Gasteiger partial charge on any atom is -0.490 e. The van der Waals surface area contributed by atoms with E-state index in [1.54, 1.807) is 24.3 Å². The van der Waals surface area contributed by atoms with Gasteiger partial charge < -0.3 is 14.6 Å². The van der Waals surface area contributed by atoms with Crippen LogP contribution in [0.25, 0.3) is 6.08 Å². The molecule has 0 aliphatic heterocycles. The summed E-state index contributed by atoms with van der Waals surface area (Å²) in [5.41, 5.74) is 0.171. The first kappa shape index (κ1) is 15.1. The molecular formula is C15H13NO4. The highest BCUT2D eigenvalue weighted by atomic mass is 16.5. The molecule has 0 aromatic heterocycles. The predicted molar refractivity (Wildman–Crippen MR) is 73.2 cm³/mol. The van der Waals surface area contributed by atoms with Crippen molar-refractivity contribution in [1.82, 2.24) is 0 Å². The van der Waals surface area contributed by atoms with E-state index >= 15 is 0 Å². The second kappa shape index (κ2) is 7.50. The number of rotatable bonds is 6. The van der Waals surface area contributed by atoms with Crippen molar-refractivity contribution in [2.75, 3.05) is 13.2 Å². The monoisotopic (exact) mass is 271 g/mol. The number of hydrogen-bond acceptors (Lipinski definition) is 4. The van der Waals surface area contributed by atoms with Gasteiger partial charge >= 0.3 is 5.97 Å². The van der Waals surface area contributed by atoms with Crippen LogP contribution in [0.5, 0.6) is 11.5 Å². The van der Waals surface area contributed by atoms with Crippen molar-refractivity contribution in [3.05, 3.63) is 29.3 Å². The van der Waals surface area contributed by atoms with E-state index in [0.29, 0.717) is 23.7 Å². The van der Waals surface area contributed by atoms with Crippen molar-refractivity contribution in [3.63, 3.8) is 0 Å². The van der Waals surface area contributed by atoms with E-state index in [4.69, 9.17) is 26.3 Å². The van der Waals surface area contributed by atoms with Gasteiger partial charge in [-0.25, -0.2) is 4.79 Å². The van der Waals surface area contributed by atoms with Crippen molar-refractivity contribution in [2.45, 2.75) is 6.92 Å². The molecule has 0 saturated carbocycles. The van der Waals surface area contributed by atoms with Crippen molar-refractivity contribution >= 4 is 12.0 Å². The zero-order valence-corrected chi connectivity index (χ0v) is 10.9. The number of carbonyl (C=O) groups is 1. The number of aliphatic carboxylic acids is 1. The number of hydrogen-bond donors (Lipinski definition) is 1. The summed E-state index contributed by atoms with van der Waals surface area (Å²) in [5.74, 6) is 1.98. The van der Waals surface area contributed by atoms with Crippen molar-refractivity contribution in [2.24, 2.45) is 0 Å². The quantitative estimate of drug-likeness (QED) is 0.487. The maximum atomic E-state index is 10.8. The molecule has 1 rings (SSSR count). The molecule has 0 atom stereocenters. The fraction of sp³-hybridized carbons (Fsp3) is 0.200. The van der Waals surface area contributed by atoms with Gasteiger partial charge in [-0.3, -0.25) is 0 Å². The summed E-state index contributed by atoms with van der Waals surface area (Å²) in [6, 6.07) is 6.44. The van der Waals surface area contributed by atoms with E-state index in [2.05, 4.69) is 5.92 Å². The molecule has 0 amide bonds. The maximum Gasteiger partial charge on any atom is 0.346 e. The van der Waals surface area contributed by atoms with Crippen molar-refractivity contribution in [1.29, 1.82) is 5.26 Å². The molecular weight excluding hydrogens is 258 g/mol. The van der Waals surface area contributed by atoms with Crippen LogP contribution in [0.4, 0.5) is 0 Å². The number of benzene rings is 1. The highest BCUT2D eigenvalue weighted by Gasteiger charge is 2.09. The summed E-state index contributed by atoms with van der Waals surface area (Å²) in [6.07, 6.45) is 6.38. The molecule has 0 radical (unpaired) electrons. The second-order valence-corrected chi connectivity index (χ2v) is 3.61. The van der Waals surface area contributed by atoms with Gasteiger partial charge in [0, 0.05) is 0 Å². The average molecular weight is 271 g/mol. The molecule has 102 valence electrons. The molecule has 1 N–H and O–H groups in total. The fourth-order valence-electron chi connectivity index (χ4n) is 1.43. The highest BCUT2D eigenvalue weighted by molar-refractivity contribution is 5.96. The lowest BCUT2D eigenvalue weighted by Gasteiger charge is -2.11. The van der Waals surface area contributed by atoms with Gasteiger partial charge in [0.2, 0.25) is 0 Å². The van der Waals surface area contributed by atoms with Gasteiger partial charge in [0.25, 0.3) is 0 Å².